The van der Waals surface area contributed by atoms with Crippen molar-refractivity contribution < 1.29 is 13.2 Å². The molecule has 0 aromatic heterocycles. The van der Waals surface area contributed by atoms with E-state index in [1.165, 1.54) is 0 Å². The maximum Gasteiger partial charge on any atom is 0.240 e. The van der Waals surface area contributed by atoms with Crippen molar-refractivity contribution in [1.82, 2.24) is 4.72 Å². The molecule has 17 heavy (non-hydrogen) atoms. The third-order valence-electron chi connectivity index (χ3n) is 2.34. The molecule has 0 aliphatic heterocycles. The average molecular weight is 258 g/mol. The van der Waals surface area contributed by atoms with Gasteiger partial charge >= 0.3 is 0 Å². The number of rotatable bonds is 6. The predicted octanol–water partition coefficient (Wildman–Crippen LogP) is 0.631. The predicted molar refractivity (Wildman–Crippen MR) is 66.6 cm³/mol. The Morgan fingerprint density at radius 1 is 1.41 bits per heavy atom. The molecule has 0 unspecified atom stereocenters. The first-order valence-corrected chi connectivity index (χ1v) is 6.84. The molecule has 1 aromatic rings. The Bertz CT molecular complexity index is 472. The van der Waals surface area contributed by atoms with Gasteiger partial charge in [-0.05, 0) is 43.7 Å². The molecule has 0 saturated heterocycles. The molecule has 1 rings (SSSR count). The molecule has 0 amide bonds. The van der Waals surface area contributed by atoms with Crippen molar-refractivity contribution in [2.75, 3.05) is 20.2 Å². The molecule has 0 heterocycles. The van der Waals surface area contributed by atoms with Gasteiger partial charge in [0.2, 0.25) is 10.0 Å². The van der Waals surface area contributed by atoms with Crippen LogP contribution < -0.4 is 15.2 Å². The van der Waals surface area contributed by atoms with E-state index in [1.54, 1.807) is 32.2 Å². The molecule has 1 aromatic carbocycles. The first-order valence-electron chi connectivity index (χ1n) is 5.35. The summed E-state index contributed by atoms with van der Waals surface area (Å²) in [7, 11) is -1.91. The van der Waals surface area contributed by atoms with Gasteiger partial charge in [0.15, 0.2) is 0 Å². The van der Waals surface area contributed by atoms with Crippen LogP contribution in [-0.4, -0.2) is 28.6 Å². The summed E-state index contributed by atoms with van der Waals surface area (Å²) in [4.78, 5) is 0.273. The lowest BCUT2D eigenvalue weighted by atomic mass is 10.2. The van der Waals surface area contributed by atoms with Gasteiger partial charge in [-0.25, -0.2) is 13.1 Å². The number of hydrogen-bond donors (Lipinski definition) is 2. The Morgan fingerprint density at radius 2 is 2.12 bits per heavy atom. The molecule has 6 heteroatoms. The second-order valence-corrected chi connectivity index (χ2v) is 5.41. The lowest BCUT2D eigenvalue weighted by Crippen LogP contribution is -2.26. The van der Waals surface area contributed by atoms with E-state index in [0.29, 0.717) is 30.8 Å². The Kier molecular flexibility index (Phi) is 4.92. The minimum atomic E-state index is -3.45. The summed E-state index contributed by atoms with van der Waals surface area (Å²) in [5.41, 5.74) is 5.97. The minimum absolute atomic E-state index is 0.273. The molecule has 0 atom stereocenters. The summed E-state index contributed by atoms with van der Waals surface area (Å²) in [6.07, 6.45) is 0.619. The normalized spacial score (nSPS) is 11.5. The summed E-state index contributed by atoms with van der Waals surface area (Å²) in [5, 5.41) is 0. The third-order valence-corrected chi connectivity index (χ3v) is 3.97. The topological polar surface area (TPSA) is 81.4 Å². The van der Waals surface area contributed by atoms with Crippen LogP contribution in [0.25, 0.3) is 0 Å². The van der Waals surface area contributed by atoms with Crippen LogP contribution in [-0.2, 0) is 10.0 Å². The molecule has 0 aliphatic rings. The van der Waals surface area contributed by atoms with Crippen molar-refractivity contribution in [2.45, 2.75) is 18.2 Å². The van der Waals surface area contributed by atoms with Crippen LogP contribution >= 0.6 is 0 Å². The highest BCUT2D eigenvalue weighted by Crippen LogP contribution is 2.20. The Morgan fingerprint density at radius 3 is 2.65 bits per heavy atom. The zero-order valence-electron chi connectivity index (χ0n) is 10.1. The zero-order chi connectivity index (χ0) is 12.9. The number of nitrogens with two attached hydrogens (primary N) is 1. The molecular formula is C11H18N2O3S. The van der Waals surface area contributed by atoms with Gasteiger partial charge in [-0.3, -0.25) is 0 Å². The van der Waals surface area contributed by atoms with Gasteiger partial charge in [-0.2, -0.15) is 0 Å². The van der Waals surface area contributed by atoms with Crippen molar-refractivity contribution in [1.29, 1.82) is 0 Å². The fourth-order valence-corrected chi connectivity index (χ4v) is 2.74. The molecule has 0 radical (unpaired) electrons. The van der Waals surface area contributed by atoms with Gasteiger partial charge in [0, 0.05) is 6.54 Å². The number of benzene rings is 1. The quantitative estimate of drug-likeness (QED) is 0.733. The molecule has 96 valence electrons. The standard InChI is InChI=1S/C11H18N2O3S/c1-9-8-10(16-2)4-5-11(9)17(14,15)13-7-3-6-12/h4-5,8,13H,3,6-7,12H2,1-2H3. The molecule has 0 saturated carbocycles. The summed E-state index contributed by atoms with van der Waals surface area (Å²) in [6, 6.07) is 4.86. The lowest BCUT2D eigenvalue weighted by molar-refractivity contribution is 0.414. The van der Waals surface area contributed by atoms with Crippen LogP contribution in [0.15, 0.2) is 23.1 Å². The van der Waals surface area contributed by atoms with E-state index < -0.39 is 10.0 Å². The van der Waals surface area contributed by atoms with E-state index in [1.807, 2.05) is 0 Å². The zero-order valence-corrected chi connectivity index (χ0v) is 10.9. The molecule has 0 fully saturated rings. The minimum Gasteiger partial charge on any atom is -0.497 e. The second kappa shape index (κ2) is 6.00. The van der Waals surface area contributed by atoms with E-state index in [9.17, 15) is 8.42 Å². The van der Waals surface area contributed by atoms with Crippen molar-refractivity contribution in [2.24, 2.45) is 5.73 Å². The number of ether oxygens (including phenoxy) is 1. The van der Waals surface area contributed by atoms with Crippen LogP contribution in [0, 0.1) is 6.92 Å². The Balaban J connectivity index is 2.91. The molecule has 5 nitrogen and oxygen atoms in total. The average Bonchev–Trinajstić information content (AvgIpc) is 2.28. The molecule has 0 bridgehead atoms. The summed E-state index contributed by atoms with van der Waals surface area (Å²) >= 11 is 0. The van der Waals surface area contributed by atoms with Gasteiger partial charge in [0.05, 0.1) is 12.0 Å². The van der Waals surface area contributed by atoms with E-state index in [2.05, 4.69) is 4.72 Å². The highest BCUT2D eigenvalue weighted by atomic mass is 32.2. The SMILES string of the molecule is COc1ccc(S(=O)(=O)NCCCN)c(C)c1. The number of aryl methyl sites for hydroxylation is 1. The fourth-order valence-electron chi connectivity index (χ4n) is 1.44. The number of nitrogens with one attached hydrogen (secondary N) is 1. The number of hydrogen-bond acceptors (Lipinski definition) is 4. The fraction of sp³-hybridized carbons (Fsp3) is 0.455. The van der Waals surface area contributed by atoms with E-state index in [-0.39, 0.29) is 4.90 Å². The molecule has 3 N–H and O–H groups in total. The molecule has 0 aliphatic carbocycles. The summed E-state index contributed by atoms with van der Waals surface area (Å²) in [6.45, 7) is 2.55. The van der Waals surface area contributed by atoms with Crippen molar-refractivity contribution in [3.63, 3.8) is 0 Å². The van der Waals surface area contributed by atoms with Crippen LogP contribution in [0.2, 0.25) is 0 Å². The summed E-state index contributed by atoms with van der Waals surface area (Å²) < 4.78 is 31.4. The highest BCUT2D eigenvalue weighted by molar-refractivity contribution is 7.89. The maximum absolute atomic E-state index is 11.9. The Labute approximate surface area is 102 Å². The smallest absolute Gasteiger partial charge is 0.240 e. The van der Waals surface area contributed by atoms with Crippen molar-refractivity contribution >= 4 is 10.0 Å². The first kappa shape index (κ1) is 14.0. The lowest BCUT2D eigenvalue weighted by Gasteiger charge is -2.10. The summed E-state index contributed by atoms with van der Waals surface area (Å²) in [5.74, 6) is 0.642. The second-order valence-electron chi connectivity index (χ2n) is 3.67. The molecule has 0 spiro atoms. The van der Waals surface area contributed by atoms with Crippen LogP contribution in [0.5, 0.6) is 5.75 Å². The first-order chi connectivity index (χ1) is 8.01. The van der Waals surface area contributed by atoms with Gasteiger partial charge in [0.1, 0.15) is 5.75 Å². The van der Waals surface area contributed by atoms with Gasteiger partial charge < -0.3 is 10.5 Å². The van der Waals surface area contributed by atoms with Crippen molar-refractivity contribution in [3.8, 4) is 5.75 Å². The van der Waals surface area contributed by atoms with E-state index >= 15 is 0 Å². The van der Waals surface area contributed by atoms with Gasteiger partial charge in [-0.15, -0.1) is 0 Å². The highest BCUT2D eigenvalue weighted by Gasteiger charge is 2.16. The van der Waals surface area contributed by atoms with Gasteiger partial charge in [-0.1, -0.05) is 0 Å². The monoisotopic (exact) mass is 258 g/mol. The third kappa shape index (κ3) is 3.69. The van der Waals surface area contributed by atoms with Gasteiger partial charge in [0.25, 0.3) is 0 Å². The maximum atomic E-state index is 11.9. The number of methoxy groups -OCH3 is 1. The Hall–Kier alpha value is -1.11. The van der Waals surface area contributed by atoms with Crippen molar-refractivity contribution in [3.05, 3.63) is 23.8 Å². The molecular weight excluding hydrogens is 240 g/mol. The van der Waals surface area contributed by atoms with Crippen LogP contribution in [0.3, 0.4) is 0 Å². The van der Waals surface area contributed by atoms with Crippen LogP contribution in [0.4, 0.5) is 0 Å². The largest absolute Gasteiger partial charge is 0.497 e. The van der Waals surface area contributed by atoms with E-state index in [4.69, 9.17) is 10.5 Å². The number of sulfonamides is 1. The van der Waals surface area contributed by atoms with E-state index in [0.717, 1.165) is 0 Å². The van der Waals surface area contributed by atoms with Crippen LogP contribution in [0.1, 0.15) is 12.0 Å².